The van der Waals surface area contributed by atoms with Gasteiger partial charge < -0.3 is 15.0 Å². The Morgan fingerprint density at radius 3 is 2.58 bits per heavy atom. The molecular formula is C16H20ClF3N4O2. The van der Waals surface area contributed by atoms with Crippen molar-refractivity contribution in [2.75, 3.05) is 14.1 Å². The lowest BCUT2D eigenvalue weighted by molar-refractivity contribution is -0.275. The normalized spacial score (nSPS) is 12.2. The van der Waals surface area contributed by atoms with Gasteiger partial charge in [0.2, 0.25) is 5.91 Å². The highest BCUT2D eigenvalue weighted by Crippen LogP contribution is 2.27. The van der Waals surface area contributed by atoms with E-state index in [9.17, 15) is 18.0 Å². The standard InChI is InChI=1S/C16H19F3N4O2.ClH/c1-20-14(12-8-21-23(3)10-12)15(24)22(2)9-11-6-4-5-7-13(11)25-16(17,18)19;/h4-8,10,14,20H,9H2,1-3H3;1H. The van der Waals surface area contributed by atoms with Gasteiger partial charge in [-0.05, 0) is 13.1 Å². The monoisotopic (exact) mass is 392 g/mol. The highest BCUT2D eigenvalue weighted by molar-refractivity contribution is 5.85. The Hall–Kier alpha value is -2.26. The summed E-state index contributed by atoms with van der Waals surface area (Å²) in [5.74, 6) is -0.616. The number of carbonyl (C=O) groups excluding carboxylic acids is 1. The van der Waals surface area contributed by atoms with Crippen molar-refractivity contribution in [3.05, 3.63) is 47.8 Å². The van der Waals surface area contributed by atoms with Crippen LogP contribution in [0.4, 0.5) is 13.2 Å². The predicted octanol–water partition coefficient (Wildman–Crippen LogP) is 2.66. The van der Waals surface area contributed by atoms with Crippen LogP contribution in [0, 0.1) is 0 Å². The predicted molar refractivity (Wildman–Crippen MR) is 91.9 cm³/mol. The largest absolute Gasteiger partial charge is 0.573 e. The Balaban J connectivity index is 0.00000338. The molecule has 1 unspecified atom stereocenters. The number of hydrogen-bond donors (Lipinski definition) is 1. The Kier molecular flexibility index (Phi) is 7.46. The summed E-state index contributed by atoms with van der Waals surface area (Å²) >= 11 is 0. The molecule has 144 valence electrons. The molecule has 26 heavy (non-hydrogen) atoms. The second-order valence-electron chi connectivity index (χ2n) is 5.52. The number of amides is 1. The van der Waals surface area contributed by atoms with Crippen LogP contribution in [0.1, 0.15) is 17.2 Å². The van der Waals surface area contributed by atoms with Gasteiger partial charge in [0.1, 0.15) is 11.8 Å². The molecule has 1 atom stereocenters. The van der Waals surface area contributed by atoms with Gasteiger partial charge in [0, 0.05) is 38.0 Å². The smallest absolute Gasteiger partial charge is 0.405 e. The van der Waals surface area contributed by atoms with Crippen molar-refractivity contribution in [2.24, 2.45) is 7.05 Å². The Labute approximate surface area is 155 Å². The topological polar surface area (TPSA) is 59.4 Å². The fourth-order valence-corrected chi connectivity index (χ4v) is 2.43. The minimum absolute atomic E-state index is 0. The number of rotatable bonds is 6. The highest BCUT2D eigenvalue weighted by Gasteiger charge is 2.32. The maximum Gasteiger partial charge on any atom is 0.573 e. The number of likely N-dealkylation sites (N-methyl/N-ethyl adjacent to an activating group) is 2. The highest BCUT2D eigenvalue weighted by atomic mass is 35.5. The fourth-order valence-electron chi connectivity index (χ4n) is 2.43. The molecule has 10 heteroatoms. The van der Waals surface area contributed by atoms with Crippen molar-refractivity contribution in [1.29, 1.82) is 0 Å². The minimum Gasteiger partial charge on any atom is -0.405 e. The van der Waals surface area contributed by atoms with E-state index < -0.39 is 12.4 Å². The van der Waals surface area contributed by atoms with Crippen LogP contribution in [-0.2, 0) is 18.4 Å². The summed E-state index contributed by atoms with van der Waals surface area (Å²) in [6, 6.07) is 5.10. The van der Waals surface area contributed by atoms with Gasteiger partial charge in [-0.1, -0.05) is 18.2 Å². The average molecular weight is 393 g/mol. The lowest BCUT2D eigenvalue weighted by Gasteiger charge is -2.24. The molecule has 0 radical (unpaired) electrons. The summed E-state index contributed by atoms with van der Waals surface area (Å²) in [6.45, 7) is -0.0243. The van der Waals surface area contributed by atoms with E-state index in [4.69, 9.17) is 0 Å². The number of aromatic nitrogens is 2. The van der Waals surface area contributed by atoms with E-state index in [1.165, 1.54) is 30.1 Å². The van der Waals surface area contributed by atoms with E-state index in [1.54, 1.807) is 37.2 Å². The molecule has 6 nitrogen and oxygen atoms in total. The zero-order valence-corrected chi connectivity index (χ0v) is 15.3. The molecule has 1 amide bonds. The molecule has 2 aromatic rings. The molecule has 0 spiro atoms. The molecule has 1 aromatic carbocycles. The molecule has 0 aliphatic heterocycles. The quantitative estimate of drug-likeness (QED) is 0.821. The molecular weight excluding hydrogens is 373 g/mol. The van der Waals surface area contributed by atoms with Crippen molar-refractivity contribution in [2.45, 2.75) is 18.9 Å². The van der Waals surface area contributed by atoms with Crippen LogP contribution < -0.4 is 10.1 Å². The molecule has 0 saturated heterocycles. The van der Waals surface area contributed by atoms with Crippen LogP contribution in [0.3, 0.4) is 0 Å². The first-order chi connectivity index (χ1) is 11.7. The lowest BCUT2D eigenvalue weighted by atomic mass is 10.1. The van der Waals surface area contributed by atoms with Gasteiger partial charge in [0.25, 0.3) is 0 Å². The zero-order chi connectivity index (χ0) is 18.6. The van der Waals surface area contributed by atoms with E-state index in [1.807, 2.05) is 0 Å². The van der Waals surface area contributed by atoms with Gasteiger partial charge >= 0.3 is 6.36 Å². The first-order valence-electron chi connectivity index (χ1n) is 7.45. The van der Waals surface area contributed by atoms with E-state index >= 15 is 0 Å². The summed E-state index contributed by atoms with van der Waals surface area (Å²) in [5, 5.41) is 6.92. The third-order valence-electron chi connectivity index (χ3n) is 3.58. The first-order valence-corrected chi connectivity index (χ1v) is 7.45. The molecule has 0 bridgehead atoms. The lowest BCUT2D eigenvalue weighted by Crippen LogP contribution is -2.37. The molecule has 2 rings (SSSR count). The Bertz CT molecular complexity index is 736. The molecule has 1 aromatic heterocycles. The fraction of sp³-hybridized carbons (Fsp3) is 0.375. The number of aryl methyl sites for hydroxylation is 1. The van der Waals surface area contributed by atoms with Gasteiger partial charge in [-0.2, -0.15) is 5.10 Å². The number of halogens is 4. The number of nitrogens with zero attached hydrogens (tertiary/aromatic N) is 3. The van der Waals surface area contributed by atoms with Crippen molar-refractivity contribution in [1.82, 2.24) is 20.0 Å². The van der Waals surface area contributed by atoms with Crippen LogP contribution in [0.5, 0.6) is 5.75 Å². The second kappa shape index (κ2) is 8.91. The Morgan fingerprint density at radius 2 is 2.04 bits per heavy atom. The SMILES string of the molecule is CNC(C(=O)N(C)Cc1ccccc1OC(F)(F)F)c1cnn(C)c1.Cl. The van der Waals surface area contributed by atoms with Gasteiger partial charge in [0.05, 0.1) is 6.20 Å². The second-order valence-corrected chi connectivity index (χ2v) is 5.52. The van der Waals surface area contributed by atoms with E-state index in [-0.39, 0.29) is 36.2 Å². The summed E-state index contributed by atoms with van der Waals surface area (Å²) in [6.07, 6.45) is -1.52. The van der Waals surface area contributed by atoms with E-state index in [0.717, 1.165) is 0 Å². The van der Waals surface area contributed by atoms with E-state index in [0.29, 0.717) is 5.56 Å². The number of ether oxygens (including phenoxy) is 1. The third kappa shape index (κ3) is 5.63. The number of nitrogens with one attached hydrogen (secondary N) is 1. The first kappa shape index (κ1) is 21.8. The maximum atomic E-state index is 12.6. The summed E-state index contributed by atoms with van der Waals surface area (Å²) in [5.41, 5.74) is 0.929. The maximum absolute atomic E-state index is 12.6. The van der Waals surface area contributed by atoms with E-state index in [2.05, 4.69) is 15.2 Å². The third-order valence-corrected chi connectivity index (χ3v) is 3.58. The van der Waals surface area contributed by atoms with Crippen molar-refractivity contribution < 1.29 is 22.7 Å². The Morgan fingerprint density at radius 1 is 1.38 bits per heavy atom. The van der Waals surface area contributed by atoms with Crippen LogP contribution in [0.25, 0.3) is 0 Å². The molecule has 0 fully saturated rings. The van der Waals surface area contributed by atoms with Crippen LogP contribution in [0.2, 0.25) is 0 Å². The van der Waals surface area contributed by atoms with Gasteiger partial charge in [-0.3, -0.25) is 9.48 Å². The number of benzene rings is 1. The summed E-state index contributed by atoms with van der Waals surface area (Å²) in [4.78, 5) is 14.0. The average Bonchev–Trinajstić information content (AvgIpc) is 2.94. The van der Waals surface area contributed by atoms with Gasteiger partial charge in [0.15, 0.2) is 0 Å². The van der Waals surface area contributed by atoms with Crippen molar-refractivity contribution in [3.63, 3.8) is 0 Å². The van der Waals surface area contributed by atoms with Gasteiger partial charge in [-0.25, -0.2) is 0 Å². The molecule has 1 heterocycles. The van der Waals surface area contributed by atoms with Gasteiger partial charge in [-0.15, -0.1) is 25.6 Å². The summed E-state index contributed by atoms with van der Waals surface area (Å²) in [7, 11) is 4.88. The van der Waals surface area contributed by atoms with Crippen LogP contribution >= 0.6 is 12.4 Å². The van der Waals surface area contributed by atoms with Crippen molar-refractivity contribution >= 4 is 18.3 Å². The minimum atomic E-state index is -4.79. The number of para-hydroxylation sites is 1. The van der Waals surface area contributed by atoms with Crippen LogP contribution in [-0.4, -0.2) is 41.0 Å². The van der Waals surface area contributed by atoms with Crippen LogP contribution in [0.15, 0.2) is 36.7 Å². The summed E-state index contributed by atoms with van der Waals surface area (Å²) < 4.78 is 43.1. The number of hydrogen-bond acceptors (Lipinski definition) is 4. The van der Waals surface area contributed by atoms with Crippen molar-refractivity contribution in [3.8, 4) is 5.75 Å². The molecule has 1 N–H and O–H groups in total. The molecule has 0 aliphatic carbocycles. The zero-order valence-electron chi connectivity index (χ0n) is 14.4. The molecule has 0 saturated carbocycles. The molecule has 0 aliphatic rings. The number of carbonyl (C=O) groups is 1. The number of alkyl halides is 3.